The van der Waals surface area contributed by atoms with Gasteiger partial charge < -0.3 is 24.0 Å². The number of benzene rings is 1. The summed E-state index contributed by atoms with van der Waals surface area (Å²) in [7, 11) is 1.70. The van der Waals surface area contributed by atoms with Gasteiger partial charge in [-0.2, -0.15) is 0 Å². The molecule has 1 aromatic carbocycles. The SMILES string of the molecule is CCOc1cc2c(cc1OCC)-c1cc(=O)c(C(=O)O)cn1C(CN(C)C(C)=O)C2. The van der Waals surface area contributed by atoms with E-state index in [0.29, 0.717) is 43.4 Å². The van der Waals surface area contributed by atoms with Crippen molar-refractivity contribution >= 4 is 11.9 Å². The molecule has 1 N–H and O–H groups in total. The van der Waals surface area contributed by atoms with Crippen molar-refractivity contribution in [3.63, 3.8) is 0 Å². The predicted octanol–water partition coefficient (Wildman–Crippen LogP) is 2.59. The number of carbonyl (C=O) groups is 2. The summed E-state index contributed by atoms with van der Waals surface area (Å²) < 4.78 is 13.2. The van der Waals surface area contributed by atoms with Crippen LogP contribution >= 0.6 is 0 Å². The zero-order valence-electron chi connectivity index (χ0n) is 17.6. The van der Waals surface area contributed by atoms with Crippen LogP contribution in [0.1, 0.15) is 42.7 Å². The topological polar surface area (TPSA) is 98.1 Å². The van der Waals surface area contributed by atoms with Crippen LogP contribution in [-0.4, -0.2) is 53.3 Å². The molecule has 0 radical (unpaired) electrons. The van der Waals surface area contributed by atoms with Gasteiger partial charge in [0, 0.05) is 38.3 Å². The largest absolute Gasteiger partial charge is 0.490 e. The Balaban J connectivity index is 2.21. The van der Waals surface area contributed by atoms with Crippen LogP contribution in [0.4, 0.5) is 0 Å². The highest BCUT2D eigenvalue weighted by molar-refractivity contribution is 5.88. The Morgan fingerprint density at radius 1 is 1.17 bits per heavy atom. The van der Waals surface area contributed by atoms with Crippen LogP contribution in [0.3, 0.4) is 0 Å². The highest BCUT2D eigenvalue weighted by atomic mass is 16.5. The molecular weight excluding hydrogens is 388 g/mol. The fourth-order valence-electron chi connectivity index (χ4n) is 3.72. The third kappa shape index (κ3) is 4.03. The van der Waals surface area contributed by atoms with Crippen LogP contribution in [0.25, 0.3) is 11.3 Å². The van der Waals surface area contributed by atoms with Crippen LogP contribution in [0.5, 0.6) is 11.5 Å². The second-order valence-electron chi connectivity index (χ2n) is 7.23. The number of carboxylic acid groups (broad SMARTS) is 1. The number of rotatable bonds is 7. The van der Waals surface area contributed by atoms with Crippen LogP contribution in [-0.2, 0) is 11.2 Å². The summed E-state index contributed by atoms with van der Waals surface area (Å²) in [6.07, 6.45) is 1.92. The zero-order valence-corrected chi connectivity index (χ0v) is 17.6. The lowest BCUT2D eigenvalue weighted by Gasteiger charge is -2.33. The lowest BCUT2D eigenvalue weighted by atomic mass is 9.91. The molecule has 8 nitrogen and oxygen atoms in total. The number of carboxylic acids is 1. The molecule has 1 amide bonds. The molecule has 160 valence electrons. The first-order valence-electron chi connectivity index (χ1n) is 9.90. The maximum absolute atomic E-state index is 12.4. The molecule has 0 spiro atoms. The van der Waals surface area contributed by atoms with E-state index in [9.17, 15) is 19.5 Å². The predicted molar refractivity (Wildman–Crippen MR) is 111 cm³/mol. The summed E-state index contributed by atoms with van der Waals surface area (Å²) in [5, 5.41) is 9.41. The van der Waals surface area contributed by atoms with Crippen LogP contribution in [0, 0.1) is 0 Å². The number of hydrogen-bond donors (Lipinski definition) is 1. The molecule has 0 aliphatic carbocycles. The quantitative estimate of drug-likeness (QED) is 0.748. The molecule has 2 heterocycles. The molecule has 3 rings (SSSR count). The van der Waals surface area contributed by atoms with Crippen molar-refractivity contribution in [1.82, 2.24) is 9.47 Å². The van der Waals surface area contributed by atoms with Gasteiger partial charge in [-0.05, 0) is 38.0 Å². The lowest BCUT2D eigenvalue weighted by Crippen LogP contribution is -2.35. The highest BCUT2D eigenvalue weighted by Crippen LogP contribution is 2.41. The van der Waals surface area contributed by atoms with Crippen LogP contribution in [0.15, 0.2) is 29.2 Å². The van der Waals surface area contributed by atoms with Crippen molar-refractivity contribution in [1.29, 1.82) is 0 Å². The smallest absolute Gasteiger partial charge is 0.341 e. The molecule has 1 aliphatic heterocycles. The summed E-state index contributed by atoms with van der Waals surface area (Å²) >= 11 is 0. The first-order valence-corrected chi connectivity index (χ1v) is 9.90. The Morgan fingerprint density at radius 3 is 2.37 bits per heavy atom. The number of carbonyl (C=O) groups excluding carboxylic acids is 1. The number of hydrogen-bond acceptors (Lipinski definition) is 5. The van der Waals surface area contributed by atoms with Crippen molar-refractivity contribution in [2.45, 2.75) is 33.2 Å². The average molecular weight is 414 g/mol. The van der Waals surface area contributed by atoms with Crippen LogP contribution in [0.2, 0.25) is 0 Å². The van der Waals surface area contributed by atoms with E-state index in [1.165, 1.54) is 19.2 Å². The van der Waals surface area contributed by atoms with Crippen LogP contribution < -0.4 is 14.9 Å². The molecule has 0 fully saturated rings. The van der Waals surface area contributed by atoms with E-state index in [0.717, 1.165) is 11.1 Å². The van der Waals surface area contributed by atoms with Gasteiger partial charge in [-0.1, -0.05) is 0 Å². The minimum absolute atomic E-state index is 0.0939. The molecule has 1 aromatic heterocycles. The maximum atomic E-state index is 12.4. The van der Waals surface area contributed by atoms with E-state index in [1.54, 1.807) is 16.5 Å². The van der Waals surface area contributed by atoms with Gasteiger partial charge in [-0.25, -0.2) is 4.79 Å². The number of nitrogens with zero attached hydrogens (tertiary/aromatic N) is 2. The van der Waals surface area contributed by atoms with Crippen molar-refractivity contribution in [2.75, 3.05) is 26.8 Å². The number of fused-ring (bicyclic) bond motifs is 3. The Morgan fingerprint density at radius 2 is 1.80 bits per heavy atom. The summed E-state index contributed by atoms with van der Waals surface area (Å²) in [4.78, 5) is 37.4. The summed E-state index contributed by atoms with van der Waals surface area (Å²) in [5.74, 6) is -0.182. The molecule has 1 atom stereocenters. The number of pyridine rings is 1. The first kappa shape index (κ1) is 21.4. The van der Waals surface area contributed by atoms with Gasteiger partial charge in [0.25, 0.3) is 0 Å². The fraction of sp³-hybridized carbons (Fsp3) is 0.409. The van der Waals surface area contributed by atoms with E-state index in [-0.39, 0.29) is 17.5 Å². The number of aromatic nitrogens is 1. The van der Waals surface area contributed by atoms with Gasteiger partial charge in [0.05, 0.1) is 24.9 Å². The Bertz CT molecular complexity index is 1040. The van der Waals surface area contributed by atoms with Gasteiger partial charge >= 0.3 is 5.97 Å². The minimum Gasteiger partial charge on any atom is -0.490 e. The van der Waals surface area contributed by atoms with E-state index in [4.69, 9.17) is 9.47 Å². The number of likely N-dealkylation sites (N-methyl/N-ethyl adjacent to an activating group) is 1. The first-order chi connectivity index (χ1) is 14.3. The Hall–Kier alpha value is -3.29. The third-order valence-electron chi connectivity index (χ3n) is 5.23. The van der Waals surface area contributed by atoms with Crippen molar-refractivity contribution in [3.8, 4) is 22.8 Å². The molecule has 0 saturated heterocycles. The maximum Gasteiger partial charge on any atom is 0.341 e. The zero-order chi connectivity index (χ0) is 22.0. The molecule has 1 aliphatic rings. The standard InChI is InChI=1S/C22H26N2O6/c1-5-29-20-8-14-7-15(11-23(4)13(3)25)24-12-17(22(27)28)19(26)10-18(24)16(14)9-21(20)30-6-2/h8-10,12,15H,5-7,11H2,1-4H3,(H,27,28). The van der Waals surface area contributed by atoms with E-state index < -0.39 is 11.4 Å². The molecular formula is C22H26N2O6. The van der Waals surface area contributed by atoms with Crippen molar-refractivity contribution in [3.05, 3.63) is 45.7 Å². The van der Waals surface area contributed by atoms with Gasteiger partial charge in [-0.15, -0.1) is 0 Å². The van der Waals surface area contributed by atoms with Gasteiger partial charge in [0.2, 0.25) is 5.91 Å². The number of ether oxygens (including phenoxy) is 2. The fourth-order valence-corrected chi connectivity index (χ4v) is 3.72. The molecule has 0 saturated carbocycles. The van der Waals surface area contributed by atoms with E-state index in [2.05, 4.69) is 0 Å². The summed E-state index contributed by atoms with van der Waals surface area (Å²) in [6.45, 7) is 6.56. The molecule has 2 aromatic rings. The van der Waals surface area contributed by atoms with Gasteiger partial charge in [0.1, 0.15) is 5.56 Å². The lowest BCUT2D eigenvalue weighted by molar-refractivity contribution is -0.128. The summed E-state index contributed by atoms with van der Waals surface area (Å²) in [5.41, 5.74) is 1.47. The molecule has 30 heavy (non-hydrogen) atoms. The third-order valence-corrected chi connectivity index (χ3v) is 5.23. The number of aromatic carboxylic acids is 1. The highest BCUT2D eigenvalue weighted by Gasteiger charge is 2.29. The summed E-state index contributed by atoms with van der Waals surface area (Å²) in [6, 6.07) is 4.86. The molecule has 8 heteroatoms. The number of amides is 1. The Labute approximate surface area is 174 Å². The normalized spacial score (nSPS) is 14.5. The van der Waals surface area contributed by atoms with Gasteiger partial charge in [-0.3, -0.25) is 9.59 Å². The van der Waals surface area contributed by atoms with E-state index in [1.807, 2.05) is 26.0 Å². The van der Waals surface area contributed by atoms with Gasteiger partial charge in [0.15, 0.2) is 16.9 Å². The molecule has 1 unspecified atom stereocenters. The Kier molecular flexibility index (Phi) is 6.14. The average Bonchev–Trinajstić information content (AvgIpc) is 2.68. The van der Waals surface area contributed by atoms with Crippen molar-refractivity contribution < 1.29 is 24.2 Å². The second-order valence-corrected chi connectivity index (χ2v) is 7.23. The van der Waals surface area contributed by atoms with E-state index >= 15 is 0 Å². The minimum atomic E-state index is -1.28. The van der Waals surface area contributed by atoms with Crippen molar-refractivity contribution in [2.24, 2.45) is 0 Å². The second kappa shape index (κ2) is 8.61. The monoisotopic (exact) mass is 414 g/mol. The molecule has 0 bridgehead atoms.